The first-order valence-electron chi connectivity index (χ1n) is 6.22. The molecule has 1 aliphatic rings. The molecule has 1 aliphatic heterocycles. The normalized spacial score (nSPS) is 21.7. The minimum absolute atomic E-state index is 0.0153. The number of likely N-dealkylation sites (tertiary alicyclic amines) is 1. The van der Waals surface area contributed by atoms with Crippen molar-refractivity contribution < 1.29 is 14.3 Å². The zero-order valence-electron chi connectivity index (χ0n) is 11.0. The summed E-state index contributed by atoms with van der Waals surface area (Å²) >= 11 is 3.27. The van der Waals surface area contributed by atoms with E-state index in [1.807, 2.05) is 13.8 Å². The zero-order valence-corrected chi connectivity index (χ0v) is 12.6. The lowest BCUT2D eigenvalue weighted by molar-refractivity contribution is -0.133. The van der Waals surface area contributed by atoms with E-state index in [0.29, 0.717) is 18.5 Å². The fourth-order valence-electron chi connectivity index (χ4n) is 2.59. The maximum absolute atomic E-state index is 13.6. The average molecular weight is 330 g/mol. The number of carbonyl (C=O) groups is 1. The van der Waals surface area contributed by atoms with Crippen LogP contribution in [0.5, 0.6) is 0 Å². The fourth-order valence-corrected chi connectivity index (χ4v) is 2.99. The Bertz CT molecular complexity index is 504. The Morgan fingerprint density at radius 3 is 2.84 bits per heavy atom. The van der Waals surface area contributed by atoms with Gasteiger partial charge in [0, 0.05) is 16.6 Å². The van der Waals surface area contributed by atoms with Gasteiger partial charge in [-0.15, -0.1) is 0 Å². The Hall–Kier alpha value is -0.940. The number of rotatable bonds is 2. The summed E-state index contributed by atoms with van der Waals surface area (Å²) in [5.74, 6) is -0.535. The van der Waals surface area contributed by atoms with E-state index in [1.54, 1.807) is 17.0 Å². The van der Waals surface area contributed by atoms with Crippen LogP contribution in [0.2, 0.25) is 0 Å². The van der Waals surface area contributed by atoms with E-state index >= 15 is 0 Å². The number of halogens is 2. The molecule has 0 saturated carbocycles. The number of aliphatic hydroxyl groups excluding tert-OH is 1. The zero-order chi connectivity index (χ0) is 14.2. The topological polar surface area (TPSA) is 40.5 Å². The maximum atomic E-state index is 13.6. The van der Waals surface area contributed by atoms with Gasteiger partial charge in [0.1, 0.15) is 5.82 Å². The number of benzene rings is 1. The lowest BCUT2D eigenvalue weighted by Crippen LogP contribution is -2.43. The third-order valence-electron chi connectivity index (χ3n) is 3.51. The van der Waals surface area contributed by atoms with Crippen LogP contribution in [0.3, 0.4) is 0 Å². The highest BCUT2D eigenvalue weighted by molar-refractivity contribution is 9.10. The highest BCUT2D eigenvalue weighted by Crippen LogP contribution is 2.29. The van der Waals surface area contributed by atoms with Gasteiger partial charge in [-0.2, -0.15) is 0 Å². The Morgan fingerprint density at radius 2 is 2.26 bits per heavy atom. The number of carbonyl (C=O) groups excluding carboxylic acids is 1. The molecule has 0 bridgehead atoms. The molecular formula is C14H17BrFNO2. The average Bonchev–Trinajstić information content (AvgIpc) is 2.57. The van der Waals surface area contributed by atoms with Crippen molar-refractivity contribution >= 4 is 21.8 Å². The first-order chi connectivity index (χ1) is 8.79. The van der Waals surface area contributed by atoms with E-state index in [2.05, 4.69) is 15.9 Å². The van der Waals surface area contributed by atoms with Crippen molar-refractivity contribution in [2.75, 3.05) is 6.54 Å². The number of aliphatic hydroxyl groups is 1. The standard InChI is InChI=1S/C14H17BrFNO2/c1-14(2)7-11(18)8-17(14)13(19)6-9-5-10(15)3-4-12(9)16/h3-5,11,18H,6-8H2,1-2H3. The minimum Gasteiger partial charge on any atom is -0.391 e. The third-order valence-corrected chi connectivity index (χ3v) is 4.00. The van der Waals surface area contributed by atoms with E-state index in [9.17, 15) is 14.3 Å². The largest absolute Gasteiger partial charge is 0.391 e. The molecule has 1 aromatic rings. The molecule has 19 heavy (non-hydrogen) atoms. The van der Waals surface area contributed by atoms with Crippen molar-refractivity contribution in [1.82, 2.24) is 4.90 Å². The summed E-state index contributed by atoms with van der Waals surface area (Å²) in [6.45, 7) is 4.15. The van der Waals surface area contributed by atoms with Gasteiger partial charge in [0.15, 0.2) is 0 Å². The Morgan fingerprint density at radius 1 is 1.58 bits per heavy atom. The molecule has 1 saturated heterocycles. The molecule has 2 rings (SSSR count). The lowest BCUT2D eigenvalue weighted by Gasteiger charge is -2.31. The predicted octanol–water partition coefficient (Wildman–Crippen LogP) is 2.50. The molecule has 1 N–H and O–H groups in total. The first kappa shape index (κ1) is 14.5. The molecule has 1 amide bonds. The van der Waals surface area contributed by atoms with Crippen molar-refractivity contribution in [2.24, 2.45) is 0 Å². The SMILES string of the molecule is CC1(C)CC(O)CN1C(=O)Cc1cc(Br)ccc1F. The maximum Gasteiger partial charge on any atom is 0.227 e. The summed E-state index contributed by atoms with van der Waals surface area (Å²) in [6, 6.07) is 4.57. The van der Waals surface area contributed by atoms with Gasteiger partial charge in [0.05, 0.1) is 12.5 Å². The molecule has 1 fully saturated rings. The van der Waals surface area contributed by atoms with E-state index in [-0.39, 0.29) is 23.7 Å². The van der Waals surface area contributed by atoms with E-state index in [0.717, 1.165) is 4.47 Å². The van der Waals surface area contributed by atoms with Crippen molar-refractivity contribution in [3.63, 3.8) is 0 Å². The van der Waals surface area contributed by atoms with Crippen LogP contribution in [0.25, 0.3) is 0 Å². The molecule has 0 aliphatic carbocycles. The summed E-state index contributed by atoms with van der Waals surface area (Å²) in [7, 11) is 0. The second-order valence-corrected chi connectivity index (χ2v) is 6.50. The van der Waals surface area contributed by atoms with Gasteiger partial charge in [-0.25, -0.2) is 4.39 Å². The Kier molecular flexibility index (Phi) is 3.97. The fraction of sp³-hybridized carbons (Fsp3) is 0.500. The Labute approximate surface area is 120 Å². The van der Waals surface area contributed by atoms with Crippen LogP contribution >= 0.6 is 15.9 Å². The number of β-amino-alcohol motifs (C(OH)–C–C–N with tert-alkyl or cyclic N) is 1. The predicted molar refractivity (Wildman–Crippen MR) is 74.2 cm³/mol. The molecule has 0 radical (unpaired) electrons. The monoisotopic (exact) mass is 329 g/mol. The third kappa shape index (κ3) is 3.15. The number of hydrogen-bond donors (Lipinski definition) is 1. The lowest BCUT2D eigenvalue weighted by atomic mass is 10.0. The first-order valence-corrected chi connectivity index (χ1v) is 7.01. The highest BCUT2D eigenvalue weighted by atomic mass is 79.9. The summed E-state index contributed by atoms with van der Waals surface area (Å²) in [6.07, 6.45) is 0.0764. The van der Waals surface area contributed by atoms with E-state index < -0.39 is 6.10 Å². The Balaban J connectivity index is 2.15. The summed E-state index contributed by atoms with van der Waals surface area (Å²) in [4.78, 5) is 13.9. The molecule has 5 heteroatoms. The molecule has 1 aromatic carbocycles. The number of hydrogen-bond acceptors (Lipinski definition) is 2. The summed E-state index contributed by atoms with van der Waals surface area (Å²) in [5.41, 5.74) is -0.00418. The van der Waals surface area contributed by atoms with Crippen molar-refractivity contribution in [1.29, 1.82) is 0 Å². The van der Waals surface area contributed by atoms with Crippen LogP contribution in [-0.4, -0.2) is 34.1 Å². The molecule has 1 unspecified atom stereocenters. The van der Waals surface area contributed by atoms with Gasteiger partial charge >= 0.3 is 0 Å². The van der Waals surface area contributed by atoms with E-state index in [4.69, 9.17) is 0 Å². The van der Waals surface area contributed by atoms with Crippen LogP contribution < -0.4 is 0 Å². The smallest absolute Gasteiger partial charge is 0.227 e. The number of nitrogens with zero attached hydrogens (tertiary/aromatic N) is 1. The quantitative estimate of drug-likeness (QED) is 0.905. The van der Waals surface area contributed by atoms with Crippen LogP contribution in [0.4, 0.5) is 4.39 Å². The van der Waals surface area contributed by atoms with Crippen LogP contribution in [0, 0.1) is 5.82 Å². The van der Waals surface area contributed by atoms with Crippen molar-refractivity contribution in [2.45, 2.75) is 38.3 Å². The van der Waals surface area contributed by atoms with Crippen molar-refractivity contribution in [3.8, 4) is 0 Å². The van der Waals surface area contributed by atoms with Crippen LogP contribution in [0.15, 0.2) is 22.7 Å². The van der Waals surface area contributed by atoms with Crippen LogP contribution in [-0.2, 0) is 11.2 Å². The minimum atomic E-state index is -0.494. The van der Waals surface area contributed by atoms with Gasteiger partial charge < -0.3 is 10.0 Å². The number of amides is 1. The second kappa shape index (κ2) is 5.21. The van der Waals surface area contributed by atoms with Gasteiger partial charge in [-0.05, 0) is 44.0 Å². The van der Waals surface area contributed by atoms with Gasteiger partial charge in [-0.3, -0.25) is 4.79 Å². The molecule has 104 valence electrons. The molecule has 0 spiro atoms. The highest BCUT2D eigenvalue weighted by Gasteiger charge is 2.40. The van der Waals surface area contributed by atoms with Gasteiger partial charge in [-0.1, -0.05) is 15.9 Å². The molecule has 3 nitrogen and oxygen atoms in total. The molecular weight excluding hydrogens is 313 g/mol. The van der Waals surface area contributed by atoms with Crippen LogP contribution in [0.1, 0.15) is 25.8 Å². The second-order valence-electron chi connectivity index (χ2n) is 5.59. The van der Waals surface area contributed by atoms with E-state index in [1.165, 1.54) is 6.07 Å². The van der Waals surface area contributed by atoms with Crippen molar-refractivity contribution in [3.05, 3.63) is 34.1 Å². The van der Waals surface area contributed by atoms with Gasteiger partial charge in [0.25, 0.3) is 0 Å². The molecule has 0 aromatic heterocycles. The summed E-state index contributed by atoms with van der Waals surface area (Å²) < 4.78 is 14.4. The molecule has 1 atom stereocenters. The molecule has 1 heterocycles. The summed E-state index contributed by atoms with van der Waals surface area (Å²) in [5, 5.41) is 9.67. The van der Waals surface area contributed by atoms with Gasteiger partial charge in [0.2, 0.25) is 5.91 Å².